The van der Waals surface area contributed by atoms with Crippen molar-refractivity contribution in [2.45, 2.75) is 31.5 Å². The SMILES string of the molecule is Cc1ccc(CN2CC(=O)N3[C@H](C2)[C@@H](c2ccc(Br)cc2)[C@@H]3CO)cc1. The first-order valence-electron chi connectivity index (χ1n) is 9.02. The summed E-state index contributed by atoms with van der Waals surface area (Å²) >= 11 is 3.47. The maximum absolute atomic E-state index is 12.7. The van der Waals surface area contributed by atoms with Crippen LogP contribution in [0.15, 0.2) is 53.0 Å². The number of benzene rings is 2. The topological polar surface area (TPSA) is 43.8 Å². The Kier molecular flexibility index (Phi) is 4.86. The van der Waals surface area contributed by atoms with Crippen LogP contribution in [-0.4, -0.2) is 52.6 Å². The first-order chi connectivity index (χ1) is 12.6. The number of amides is 1. The number of fused-ring (bicyclic) bond motifs is 1. The van der Waals surface area contributed by atoms with E-state index < -0.39 is 0 Å². The Labute approximate surface area is 162 Å². The molecule has 0 bridgehead atoms. The minimum Gasteiger partial charge on any atom is -0.394 e. The number of aryl methyl sites for hydroxylation is 1. The van der Waals surface area contributed by atoms with E-state index in [4.69, 9.17) is 0 Å². The van der Waals surface area contributed by atoms with Crippen molar-refractivity contribution in [1.29, 1.82) is 0 Å². The second-order valence-corrected chi connectivity index (χ2v) is 8.27. The Balaban J connectivity index is 1.53. The molecule has 0 spiro atoms. The fourth-order valence-electron chi connectivity index (χ4n) is 4.32. The van der Waals surface area contributed by atoms with Gasteiger partial charge in [0.1, 0.15) is 0 Å². The van der Waals surface area contributed by atoms with Crippen molar-refractivity contribution in [3.05, 3.63) is 69.7 Å². The van der Waals surface area contributed by atoms with E-state index in [1.165, 1.54) is 16.7 Å². The Morgan fingerprint density at radius 3 is 2.46 bits per heavy atom. The third kappa shape index (κ3) is 3.20. The van der Waals surface area contributed by atoms with Crippen molar-refractivity contribution in [2.24, 2.45) is 0 Å². The number of carbonyl (C=O) groups is 1. The number of hydrogen-bond donors (Lipinski definition) is 1. The maximum atomic E-state index is 12.7. The van der Waals surface area contributed by atoms with E-state index >= 15 is 0 Å². The predicted octanol–water partition coefficient (Wildman–Crippen LogP) is 2.93. The van der Waals surface area contributed by atoms with Crippen LogP contribution in [0.2, 0.25) is 0 Å². The molecule has 0 saturated carbocycles. The number of rotatable bonds is 4. The average Bonchev–Trinajstić information content (AvgIpc) is 2.61. The summed E-state index contributed by atoms with van der Waals surface area (Å²) in [6.07, 6.45) is 0. The molecule has 0 unspecified atom stereocenters. The number of aliphatic hydroxyl groups is 1. The van der Waals surface area contributed by atoms with Gasteiger partial charge in [-0.3, -0.25) is 9.69 Å². The highest BCUT2D eigenvalue weighted by molar-refractivity contribution is 9.10. The number of piperazine rings is 1. The Morgan fingerprint density at radius 1 is 1.12 bits per heavy atom. The number of aliphatic hydroxyl groups excluding tert-OH is 1. The largest absolute Gasteiger partial charge is 0.394 e. The van der Waals surface area contributed by atoms with Gasteiger partial charge in [0.2, 0.25) is 5.91 Å². The lowest BCUT2D eigenvalue weighted by Gasteiger charge is -2.59. The lowest BCUT2D eigenvalue weighted by atomic mass is 9.74. The minimum atomic E-state index is -0.102. The van der Waals surface area contributed by atoms with Crippen LogP contribution in [0.1, 0.15) is 22.6 Å². The normalized spacial score (nSPS) is 25.7. The lowest BCUT2D eigenvalue weighted by molar-refractivity contribution is -0.162. The van der Waals surface area contributed by atoms with Crippen molar-refractivity contribution >= 4 is 21.8 Å². The van der Waals surface area contributed by atoms with Crippen LogP contribution in [0.25, 0.3) is 0 Å². The Morgan fingerprint density at radius 2 is 1.81 bits per heavy atom. The molecule has 0 radical (unpaired) electrons. The first kappa shape index (κ1) is 17.7. The van der Waals surface area contributed by atoms with Crippen LogP contribution in [0, 0.1) is 6.92 Å². The summed E-state index contributed by atoms with van der Waals surface area (Å²) in [5, 5.41) is 9.84. The van der Waals surface area contributed by atoms with Crippen molar-refractivity contribution in [2.75, 3.05) is 19.7 Å². The smallest absolute Gasteiger partial charge is 0.237 e. The molecule has 5 heteroatoms. The molecule has 2 aromatic carbocycles. The van der Waals surface area contributed by atoms with Crippen molar-refractivity contribution in [3.63, 3.8) is 0 Å². The molecule has 3 atom stereocenters. The average molecular weight is 415 g/mol. The summed E-state index contributed by atoms with van der Waals surface area (Å²) in [6, 6.07) is 16.8. The lowest BCUT2D eigenvalue weighted by Crippen LogP contribution is -2.72. The maximum Gasteiger partial charge on any atom is 0.237 e. The van der Waals surface area contributed by atoms with Gasteiger partial charge in [0.25, 0.3) is 0 Å². The van der Waals surface area contributed by atoms with Crippen LogP contribution in [0.4, 0.5) is 0 Å². The van der Waals surface area contributed by atoms with Gasteiger partial charge in [-0.2, -0.15) is 0 Å². The molecule has 0 aromatic heterocycles. The van der Waals surface area contributed by atoms with Crippen molar-refractivity contribution < 1.29 is 9.90 Å². The van der Waals surface area contributed by atoms with E-state index in [0.29, 0.717) is 6.54 Å². The van der Waals surface area contributed by atoms with Gasteiger partial charge >= 0.3 is 0 Å². The summed E-state index contributed by atoms with van der Waals surface area (Å²) in [7, 11) is 0. The fourth-order valence-corrected chi connectivity index (χ4v) is 4.59. The van der Waals surface area contributed by atoms with Crippen LogP contribution in [-0.2, 0) is 11.3 Å². The zero-order valence-corrected chi connectivity index (χ0v) is 16.4. The monoisotopic (exact) mass is 414 g/mol. The van der Waals surface area contributed by atoms with Gasteiger partial charge < -0.3 is 10.0 Å². The second kappa shape index (κ2) is 7.14. The molecule has 2 aliphatic heterocycles. The van der Waals surface area contributed by atoms with E-state index in [9.17, 15) is 9.90 Å². The molecule has 2 heterocycles. The molecule has 0 aliphatic carbocycles. The zero-order valence-electron chi connectivity index (χ0n) is 14.8. The first-order valence-corrected chi connectivity index (χ1v) is 9.81. The highest BCUT2D eigenvalue weighted by Gasteiger charge is 2.53. The highest BCUT2D eigenvalue weighted by Crippen LogP contribution is 2.43. The van der Waals surface area contributed by atoms with Gasteiger partial charge in [-0.15, -0.1) is 0 Å². The molecule has 136 valence electrons. The summed E-state index contributed by atoms with van der Waals surface area (Å²) in [5.74, 6) is 0.318. The van der Waals surface area contributed by atoms with E-state index in [2.05, 4.69) is 64.2 Å². The second-order valence-electron chi connectivity index (χ2n) is 7.35. The Hall–Kier alpha value is -1.69. The molecule has 4 rings (SSSR count). The van der Waals surface area contributed by atoms with E-state index in [0.717, 1.165) is 17.6 Å². The van der Waals surface area contributed by atoms with Gasteiger partial charge in [-0.05, 0) is 30.2 Å². The molecule has 26 heavy (non-hydrogen) atoms. The van der Waals surface area contributed by atoms with Gasteiger partial charge in [-0.25, -0.2) is 0 Å². The zero-order chi connectivity index (χ0) is 18.3. The summed E-state index contributed by atoms with van der Waals surface area (Å²) in [5.41, 5.74) is 3.67. The van der Waals surface area contributed by atoms with Gasteiger partial charge in [-0.1, -0.05) is 57.9 Å². The number of carbonyl (C=O) groups excluding carboxylic acids is 1. The van der Waals surface area contributed by atoms with Crippen molar-refractivity contribution in [3.8, 4) is 0 Å². The van der Waals surface area contributed by atoms with E-state index in [1.807, 2.05) is 17.0 Å². The standard InChI is InChI=1S/C21H23BrN2O2/c1-14-2-4-15(5-3-14)10-23-11-18-21(16-6-8-17(22)9-7-16)19(13-25)24(18)20(26)12-23/h2-9,18-19,21,25H,10-13H2,1H3/t18-,19+,21-/m1/s1. The van der Waals surface area contributed by atoms with Crippen LogP contribution >= 0.6 is 15.9 Å². The quantitative estimate of drug-likeness (QED) is 0.836. The number of halogens is 1. The molecule has 1 amide bonds. The van der Waals surface area contributed by atoms with Gasteiger partial charge in [0, 0.05) is 23.5 Å². The third-order valence-corrected chi connectivity index (χ3v) is 6.13. The van der Waals surface area contributed by atoms with Crippen LogP contribution < -0.4 is 0 Å². The highest BCUT2D eigenvalue weighted by atomic mass is 79.9. The minimum absolute atomic E-state index is 0.0148. The number of nitrogens with zero attached hydrogens (tertiary/aromatic N) is 2. The molecule has 2 aliphatic rings. The van der Waals surface area contributed by atoms with E-state index in [1.54, 1.807) is 0 Å². The third-order valence-electron chi connectivity index (χ3n) is 5.60. The molecular formula is C21H23BrN2O2. The Bertz CT molecular complexity index is 791. The summed E-state index contributed by atoms with van der Waals surface area (Å²) in [6.45, 7) is 4.15. The summed E-state index contributed by atoms with van der Waals surface area (Å²) in [4.78, 5) is 16.8. The molecule has 2 saturated heterocycles. The van der Waals surface area contributed by atoms with E-state index in [-0.39, 0.29) is 30.5 Å². The van der Waals surface area contributed by atoms with Crippen LogP contribution in [0.3, 0.4) is 0 Å². The van der Waals surface area contributed by atoms with Gasteiger partial charge in [0.15, 0.2) is 0 Å². The molecule has 1 N–H and O–H groups in total. The summed E-state index contributed by atoms with van der Waals surface area (Å²) < 4.78 is 1.04. The fraction of sp³-hybridized carbons (Fsp3) is 0.381. The van der Waals surface area contributed by atoms with Crippen LogP contribution in [0.5, 0.6) is 0 Å². The molecular weight excluding hydrogens is 392 g/mol. The number of hydrogen-bond acceptors (Lipinski definition) is 3. The molecule has 4 nitrogen and oxygen atoms in total. The van der Waals surface area contributed by atoms with Crippen molar-refractivity contribution in [1.82, 2.24) is 9.80 Å². The molecule has 2 fully saturated rings. The predicted molar refractivity (Wildman–Crippen MR) is 105 cm³/mol. The molecule has 2 aromatic rings. The van der Waals surface area contributed by atoms with Gasteiger partial charge in [0.05, 0.1) is 25.2 Å².